The molecule has 1 aliphatic heterocycles. The summed E-state index contributed by atoms with van der Waals surface area (Å²) in [5, 5.41) is 0. The highest BCUT2D eigenvalue weighted by atomic mass is 16.5. The molecule has 2 N–H and O–H groups in total. The molecule has 1 aromatic rings. The van der Waals surface area contributed by atoms with Gasteiger partial charge in [-0.3, -0.25) is 0 Å². The number of hydrogen-bond acceptors (Lipinski definition) is 5. The van der Waals surface area contributed by atoms with Gasteiger partial charge in [0.2, 0.25) is 0 Å². The second-order valence-corrected chi connectivity index (χ2v) is 6.98. The van der Waals surface area contributed by atoms with Crippen LogP contribution in [0.2, 0.25) is 0 Å². The van der Waals surface area contributed by atoms with Crippen molar-refractivity contribution >= 4 is 11.6 Å². The molecule has 5 nitrogen and oxygen atoms in total. The number of nitrogen functional groups attached to an aromatic ring is 1. The van der Waals surface area contributed by atoms with Crippen molar-refractivity contribution < 1.29 is 4.74 Å². The fraction of sp³-hybridized carbons (Fsp3) is 0.750. The number of methoxy groups -OCH3 is 1. The Hall–Kier alpha value is -1.36. The van der Waals surface area contributed by atoms with E-state index in [-0.39, 0.29) is 0 Å². The molecule has 1 fully saturated rings. The van der Waals surface area contributed by atoms with Crippen molar-refractivity contribution in [3.63, 3.8) is 0 Å². The van der Waals surface area contributed by atoms with Crippen LogP contribution in [0.5, 0.6) is 0 Å². The summed E-state index contributed by atoms with van der Waals surface area (Å²) in [6.45, 7) is 9.49. The maximum Gasteiger partial charge on any atom is 0.158 e. The molecule has 1 aliphatic rings. The summed E-state index contributed by atoms with van der Waals surface area (Å²) in [6, 6.07) is 1.87. The quantitative estimate of drug-likeness (QED) is 0.928. The average molecular weight is 292 g/mol. The number of ether oxygens (including phenoxy) is 1. The second-order valence-electron chi connectivity index (χ2n) is 6.98. The van der Waals surface area contributed by atoms with Crippen LogP contribution < -0.4 is 10.6 Å². The molecule has 0 amide bonds. The standard InChI is InChI=1S/C16H28N4O/c1-16(2,3)12-6-5-8-20(9-7-12)15-10-13(17)18-14(19-15)11-21-4/h10,12H,5-9,11H2,1-4H3,(H2,17,18,19). The lowest BCUT2D eigenvalue weighted by molar-refractivity contribution is 0.178. The second kappa shape index (κ2) is 6.60. The van der Waals surface area contributed by atoms with Crippen LogP contribution in [0.25, 0.3) is 0 Å². The van der Waals surface area contributed by atoms with Gasteiger partial charge in [0.25, 0.3) is 0 Å². The fourth-order valence-electron chi connectivity index (χ4n) is 3.05. The lowest BCUT2D eigenvalue weighted by atomic mass is 9.77. The van der Waals surface area contributed by atoms with E-state index in [9.17, 15) is 0 Å². The highest BCUT2D eigenvalue weighted by Crippen LogP contribution is 2.35. The van der Waals surface area contributed by atoms with Crippen molar-refractivity contribution in [3.05, 3.63) is 11.9 Å². The minimum absolute atomic E-state index is 0.377. The Morgan fingerprint density at radius 3 is 2.71 bits per heavy atom. The van der Waals surface area contributed by atoms with E-state index in [2.05, 4.69) is 35.6 Å². The first-order valence-electron chi connectivity index (χ1n) is 7.77. The van der Waals surface area contributed by atoms with Crippen LogP contribution in [0.3, 0.4) is 0 Å². The molecule has 0 spiro atoms. The third-order valence-corrected chi connectivity index (χ3v) is 4.33. The molecule has 2 heterocycles. The monoisotopic (exact) mass is 292 g/mol. The Morgan fingerprint density at radius 2 is 2.05 bits per heavy atom. The first kappa shape index (κ1) is 16.0. The highest BCUT2D eigenvalue weighted by Gasteiger charge is 2.27. The first-order chi connectivity index (χ1) is 9.90. The highest BCUT2D eigenvalue weighted by molar-refractivity contribution is 5.47. The van der Waals surface area contributed by atoms with E-state index in [0.29, 0.717) is 23.7 Å². The third kappa shape index (κ3) is 4.30. The van der Waals surface area contributed by atoms with Crippen LogP contribution in [0.1, 0.15) is 45.9 Å². The van der Waals surface area contributed by atoms with Gasteiger partial charge in [0, 0.05) is 26.3 Å². The molecule has 0 aromatic carbocycles. The molecular weight excluding hydrogens is 264 g/mol. The zero-order valence-corrected chi connectivity index (χ0v) is 13.7. The molecule has 0 bridgehead atoms. The fourth-order valence-corrected chi connectivity index (χ4v) is 3.05. The molecule has 0 aliphatic carbocycles. The molecular formula is C16H28N4O. The van der Waals surface area contributed by atoms with Crippen molar-refractivity contribution in [1.82, 2.24) is 9.97 Å². The molecule has 1 atom stereocenters. The Labute approximate surface area is 127 Å². The third-order valence-electron chi connectivity index (χ3n) is 4.33. The van der Waals surface area contributed by atoms with Gasteiger partial charge in [-0.05, 0) is 30.6 Å². The van der Waals surface area contributed by atoms with Crippen molar-refractivity contribution in [2.24, 2.45) is 11.3 Å². The van der Waals surface area contributed by atoms with E-state index in [1.165, 1.54) is 19.3 Å². The van der Waals surface area contributed by atoms with E-state index in [0.717, 1.165) is 24.8 Å². The lowest BCUT2D eigenvalue weighted by Gasteiger charge is -2.30. The predicted molar refractivity (Wildman–Crippen MR) is 86.2 cm³/mol. The normalized spacial score (nSPS) is 20.4. The van der Waals surface area contributed by atoms with Gasteiger partial charge in [-0.2, -0.15) is 0 Å². The van der Waals surface area contributed by atoms with Gasteiger partial charge in [-0.25, -0.2) is 9.97 Å². The summed E-state index contributed by atoms with van der Waals surface area (Å²) in [5.74, 6) is 2.87. The molecule has 1 saturated heterocycles. The van der Waals surface area contributed by atoms with Crippen molar-refractivity contribution in [2.75, 3.05) is 30.8 Å². The van der Waals surface area contributed by atoms with Gasteiger partial charge in [0.1, 0.15) is 18.2 Å². The maximum atomic E-state index is 5.90. The summed E-state index contributed by atoms with van der Waals surface area (Å²) in [7, 11) is 1.64. The van der Waals surface area contributed by atoms with Crippen LogP contribution in [0.15, 0.2) is 6.07 Å². The molecule has 1 unspecified atom stereocenters. The molecule has 0 radical (unpaired) electrons. The summed E-state index contributed by atoms with van der Waals surface area (Å²) in [4.78, 5) is 11.1. The van der Waals surface area contributed by atoms with Crippen molar-refractivity contribution in [3.8, 4) is 0 Å². The molecule has 5 heteroatoms. The van der Waals surface area contributed by atoms with Gasteiger partial charge in [0.15, 0.2) is 5.82 Å². The molecule has 0 saturated carbocycles. The Kier molecular flexibility index (Phi) is 5.04. The van der Waals surface area contributed by atoms with Gasteiger partial charge in [-0.1, -0.05) is 20.8 Å². The van der Waals surface area contributed by atoms with Crippen LogP contribution in [-0.2, 0) is 11.3 Å². The van der Waals surface area contributed by atoms with E-state index < -0.39 is 0 Å². The van der Waals surface area contributed by atoms with Gasteiger partial charge < -0.3 is 15.4 Å². The number of rotatable bonds is 3. The van der Waals surface area contributed by atoms with Crippen molar-refractivity contribution in [2.45, 2.75) is 46.6 Å². The molecule has 118 valence electrons. The van der Waals surface area contributed by atoms with Crippen LogP contribution >= 0.6 is 0 Å². The smallest absolute Gasteiger partial charge is 0.158 e. The molecule has 2 rings (SSSR count). The van der Waals surface area contributed by atoms with Gasteiger partial charge in [0.05, 0.1) is 0 Å². The minimum Gasteiger partial charge on any atom is -0.384 e. The van der Waals surface area contributed by atoms with E-state index in [1.54, 1.807) is 7.11 Å². The van der Waals surface area contributed by atoms with Crippen LogP contribution in [-0.4, -0.2) is 30.2 Å². The van der Waals surface area contributed by atoms with E-state index >= 15 is 0 Å². The summed E-state index contributed by atoms with van der Waals surface area (Å²) in [5.41, 5.74) is 6.28. The summed E-state index contributed by atoms with van der Waals surface area (Å²) < 4.78 is 5.11. The maximum absolute atomic E-state index is 5.90. The van der Waals surface area contributed by atoms with Crippen LogP contribution in [0.4, 0.5) is 11.6 Å². The average Bonchev–Trinajstić information content (AvgIpc) is 2.63. The van der Waals surface area contributed by atoms with Crippen molar-refractivity contribution in [1.29, 1.82) is 0 Å². The largest absolute Gasteiger partial charge is 0.384 e. The number of aromatic nitrogens is 2. The number of nitrogens with two attached hydrogens (primary N) is 1. The Bertz CT molecular complexity index is 470. The van der Waals surface area contributed by atoms with Gasteiger partial charge >= 0.3 is 0 Å². The van der Waals surface area contributed by atoms with Crippen LogP contribution in [0, 0.1) is 11.3 Å². The van der Waals surface area contributed by atoms with E-state index in [4.69, 9.17) is 10.5 Å². The zero-order chi connectivity index (χ0) is 15.5. The summed E-state index contributed by atoms with van der Waals surface area (Å²) in [6.07, 6.45) is 3.68. The number of anilines is 2. The summed E-state index contributed by atoms with van der Waals surface area (Å²) >= 11 is 0. The first-order valence-corrected chi connectivity index (χ1v) is 7.77. The topological polar surface area (TPSA) is 64.3 Å². The van der Waals surface area contributed by atoms with Gasteiger partial charge in [-0.15, -0.1) is 0 Å². The minimum atomic E-state index is 0.377. The van der Waals surface area contributed by atoms with E-state index in [1.807, 2.05) is 6.07 Å². The molecule has 21 heavy (non-hydrogen) atoms. The SMILES string of the molecule is COCc1nc(N)cc(N2CCCC(C(C)(C)C)CC2)n1. The predicted octanol–water partition coefficient (Wildman–Crippen LogP) is 2.86. The zero-order valence-electron chi connectivity index (χ0n) is 13.7. The number of hydrogen-bond donors (Lipinski definition) is 1. The Balaban J connectivity index is 2.12. The molecule has 1 aromatic heterocycles. The number of nitrogens with zero attached hydrogens (tertiary/aromatic N) is 3. The Morgan fingerprint density at radius 1 is 1.29 bits per heavy atom. The lowest BCUT2D eigenvalue weighted by Crippen LogP contribution is -2.27.